The predicted molar refractivity (Wildman–Crippen MR) is 64.9 cm³/mol. The normalized spacial score (nSPS) is 19.4. The van der Waals surface area contributed by atoms with Crippen LogP contribution in [0.2, 0.25) is 0 Å². The van der Waals surface area contributed by atoms with Gasteiger partial charge in [-0.1, -0.05) is 0 Å². The minimum absolute atomic E-state index is 0.0358. The van der Waals surface area contributed by atoms with Gasteiger partial charge in [0.05, 0.1) is 18.5 Å². The summed E-state index contributed by atoms with van der Waals surface area (Å²) in [5.41, 5.74) is 1.09. The third-order valence-electron chi connectivity index (χ3n) is 3.36. The molecule has 0 saturated carbocycles. The first kappa shape index (κ1) is 11.1. The lowest BCUT2D eigenvalue weighted by atomic mass is 10.1. The van der Waals surface area contributed by atoms with Crippen LogP contribution in [0.4, 0.5) is 0 Å². The molecule has 1 amide bonds. The third-order valence-corrected chi connectivity index (χ3v) is 3.36. The molecule has 18 heavy (non-hydrogen) atoms. The molecule has 0 N–H and O–H groups in total. The van der Waals surface area contributed by atoms with Crippen LogP contribution >= 0.6 is 0 Å². The van der Waals surface area contributed by atoms with Crippen molar-refractivity contribution in [1.29, 1.82) is 0 Å². The van der Waals surface area contributed by atoms with Crippen LogP contribution in [-0.2, 0) is 7.05 Å². The summed E-state index contributed by atoms with van der Waals surface area (Å²) in [5.74, 6) is 0.372. The molecule has 0 unspecified atom stereocenters. The molecule has 3 heterocycles. The maximum Gasteiger partial charge on any atom is 0.290 e. The van der Waals surface area contributed by atoms with E-state index in [-0.39, 0.29) is 11.9 Å². The zero-order valence-corrected chi connectivity index (χ0v) is 10.2. The molecular formula is C13H15N3O2. The average molecular weight is 245 g/mol. The van der Waals surface area contributed by atoms with E-state index in [0.717, 1.165) is 24.9 Å². The molecule has 1 aliphatic rings. The number of aromatic nitrogens is 2. The zero-order chi connectivity index (χ0) is 12.5. The van der Waals surface area contributed by atoms with Crippen LogP contribution in [-0.4, -0.2) is 27.1 Å². The lowest BCUT2D eigenvalue weighted by Crippen LogP contribution is -2.30. The van der Waals surface area contributed by atoms with Crippen LogP contribution < -0.4 is 0 Å². The number of hydrogen-bond donors (Lipinski definition) is 0. The molecule has 0 aromatic carbocycles. The topological polar surface area (TPSA) is 51.3 Å². The number of carbonyl (C=O) groups is 1. The maximum absolute atomic E-state index is 12.3. The van der Waals surface area contributed by atoms with Crippen molar-refractivity contribution in [2.45, 2.75) is 18.9 Å². The number of rotatable bonds is 2. The Labute approximate surface area is 105 Å². The Morgan fingerprint density at radius 2 is 2.44 bits per heavy atom. The van der Waals surface area contributed by atoms with E-state index in [2.05, 4.69) is 5.10 Å². The highest BCUT2D eigenvalue weighted by atomic mass is 16.3. The number of furan rings is 1. The number of nitrogens with zero attached hydrogens (tertiary/aromatic N) is 3. The first-order valence-electron chi connectivity index (χ1n) is 6.09. The number of carbonyl (C=O) groups excluding carboxylic acids is 1. The second kappa shape index (κ2) is 4.33. The van der Waals surface area contributed by atoms with Crippen molar-refractivity contribution in [3.8, 4) is 0 Å². The molecular weight excluding hydrogens is 230 g/mol. The van der Waals surface area contributed by atoms with E-state index < -0.39 is 0 Å². The Kier molecular flexibility index (Phi) is 2.66. The van der Waals surface area contributed by atoms with Crippen LogP contribution in [0.1, 0.15) is 35.0 Å². The van der Waals surface area contributed by atoms with E-state index in [1.807, 2.05) is 24.3 Å². The van der Waals surface area contributed by atoms with Gasteiger partial charge in [-0.05, 0) is 25.0 Å². The number of amides is 1. The van der Waals surface area contributed by atoms with Gasteiger partial charge in [0.1, 0.15) is 0 Å². The number of hydrogen-bond acceptors (Lipinski definition) is 3. The molecule has 0 spiro atoms. The molecule has 94 valence electrons. The quantitative estimate of drug-likeness (QED) is 0.813. The lowest BCUT2D eigenvalue weighted by molar-refractivity contribution is 0.0703. The van der Waals surface area contributed by atoms with Gasteiger partial charge in [0.25, 0.3) is 5.91 Å². The molecule has 1 saturated heterocycles. The molecule has 2 aromatic heterocycles. The van der Waals surface area contributed by atoms with Crippen molar-refractivity contribution in [3.05, 3.63) is 42.1 Å². The standard InChI is InChI=1S/C13H15N3O2/c1-15-9-10(8-14-15)11-4-2-6-16(11)13(17)12-5-3-7-18-12/h3,5,7-9,11H,2,4,6H2,1H3/t11-/m0/s1. The van der Waals surface area contributed by atoms with Crippen LogP contribution in [0.5, 0.6) is 0 Å². The maximum atomic E-state index is 12.3. The van der Waals surface area contributed by atoms with E-state index in [1.54, 1.807) is 16.8 Å². The highest BCUT2D eigenvalue weighted by molar-refractivity contribution is 5.91. The molecule has 5 nitrogen and oxygen atoms in total. The van der Waals surface area contributed by atoms with Gasteiger partial charge in [-0.25, -0.2) is 0 Å². The van der Waals surface area contributed by atoms with E-state index in [1.165, 1.54) is 6.26 Å². The molecule has 1 fully saturated rings. The molecule has 0 radical (unpaired) electrons. The fourth-order valence-electron chi connectivity index (χ4n) is 2.51. The van der Waals surface area contributed by atoms with Crippen molar-refractivity contribution in [3.63, 3.8) is 0 Å². The van der Waals surface area contributed by atoms with Gasteiger partial charge in [0, 0.05) is 25.4 Å². The fourth-order valence-corrected chi connectivity index (χ4v) is 2.51. The first-order chi connectivity index (χ1) is 8.75. The molecule has 3 rings (SSSR count). The molecule has 0 aliphatic carbocycles. The van der Waals surface area contributed by atoms with Crippen molar-refractivity contribution < 1.29 is 9.21 Å². The Bertz CT molecular complexity index is 544. The lowest BCUT2D eigenvalue weighted by Gasteiger charge is -2.22. The summed E-state index contributed by atoms with van der Waals surface area (Å²) in [4.78, 5) is 14.2. The fraction of sp³-hybridized carbons (Fsp3) is 0.385. The van der Waals surface area contributed by atoms with E-state index in [0.29, 0.717) is 5.76 Å². The van der Waals surface area contributed by atoms with Gasteiger partial charge < -0.3 is 9.32 Å². The van der Waals surface area contributed by atoms with Crippen molar-refractivity contribution in [2.75, 3.05) is 6.54 Å². The SMILES string of the molecule is Cn1cc([C@@H]2CCCN2C(=O)c2ccco2)cn1. The van der Waals surface area contributed by atoms with Gasteiger partial charge in [0.2, 0.25) is 0 Å². The minimum Gasteiger partial charge on any atom is -0.459 e. The van der Waals surface area contributed by atoms with Crippen LogP contribution in [0.15, 0.2) is 35.2 Å². The summed E-state index contributed by atoms with van der Waals surface area (Å²) in [6.07, 6.45) is 7.34. The number of likely N-dealkylation sites (tertiary alicyclic amines) is 1. The highest BCUT2D eigenvalue weighted by Crippen LogP contribution is 2.32. The molecule has 5 heteroatoms. The van der Waals surface area contributed by atoms with E-state index in [9.17, 15) is 4.79 Å². The van der Waals surface area contributed by atoms with E-state index in [4.69, 9.17) is 4.42 Å². The Balaban J connectivity index is 1.85. The van der Waals surface area contributed by atoms with Crippen LogP contribution in [0.3, 0.4) is 0 Å². The monoisotopic (exact) mass is 245 g/mol. The average Bonchev–Trinajstić information content (AvgIpc) is 3.09. The predicted octanol–water partition coefficient (Wildman–Crippen LogP) is 1.99. The molecule has 1 atom stereocenters. The van der Waals surface area contributed by atoms with Crippen molar-refractivity contribution in [1.82, 2.24) is 14.7 Å². The second-order valence-corrected chi connectivity index (χ2v) is 4.58. The summed E-state index contributed by atoms with van der Waals surface area (Å²) in [6.45, 7) is 0.777. The van der Waals surface area contributed by atoms with Crippen molar-refractivity contribution >= 4 is 5.91 Å². The van der Waals surface area contributed by atoms with Crippen molar-refractivity contribution in [2.24, 2.45) is 7.05 Å². The Morgan fingerprint density at radius 3 is 3.11 bits per heavy atom. The van der Waals surface area contributed by atoms with Gasteiger partial charge in [-0.15, -0.1) is 0 Å². The third kappa shape index (κ3) is 1.81. The zero-order valence-electron chi connectivity index (χ0n) is 10.2. The first-order valence-corrected chi connectivity index (χ1v) is 6.09. The second-order valence-electron chi connectivity index (χ2n) is 4.58. The Hall–Kier alpha value is -2.04. The smallest absolute Gasteiger partial charge is 0.290 e. The summed E-state index contributed by atoms with van der Waals surface area (Å²) >= 11 is 0. The summed E-state index contributed by atoms with van der Waals surface area (Å²) < 4.78 is 6.95. The molecule has 1 aliphatic heterocycles. The summed E-state index contributed by atoms with van der Waals surface area (Å²) in [6, 6.07) is 3.57. The Morgan fingerprint density at radius 1 is 1.56 bits per heavy atom. The number of aryl methyl sites for hydroxylation is 1. The van der Waals surface area contributed by atoms with Crippen LogP contribution in [0, 0.1) is 0 Å². The van der Waals surface area contributed by atoms with Gasteiger partial charge in [-0.2, -0.15) is 5.10 Å². The summed E-state index contributed by atoms with van der Waals surface area (Å²) in [7, 11) is 1.89. The minimum atomic E-state index is -0.0358. The van der Waals surface area contributed by atoms with Gasteiger partial charge >= 0.3 is 0 Å². The molecule has 2 aromatic rings. The van der Waals surface area contributed by atoms with Gasteiger partial charge in [0.15, 0.2) is 5.76 Å². The molecule has 0 bridgehead atoms. The van der Waals surface area contributed by atoms with Crippen LogP contribution in [0.25, 0.3) is 0 Å². The highest BCUT2D eigenvalue weighted by Gasteiger charge is 2.32. The van der Waals surface area contributed by atoms with E-state index >= 15 is 0 Å². The summed E-state index contributed by atoms with van der Waals surface area (Å²) in [5, 5.41) is 4.17. The van der Waals surface area contributed by atoms with Gasteiger partial charge in [-0.3, -0.25) is 9.48 Å². The largest absolute Gasteiger partial charge is 0.459 e.